The van der Waals surface area contributed by atoms with E-state index in [1.54, 1.807) is 11.3 Å². The Morgan fingerprint density at radius 1 is 1.45 bits per heavy atom. The van der Waals surface area contributed by atoms with Crippen LogP contribution in [0.2, 0.25) is 0 Å². The predicted octanol–water partition coefficient (Wildman–Crippen LogP) is 2.50. The molecule has 108 valence electrons. The number of likely N-dealkylation sites (tertiary alicyclic amines) is 1. The van der Waals surface area contributed by atoms with Crippen molar-refractivity contribution in [3.63, 3.8) is 0 Å². The standard InChI is InChI=1S/C14H20N4OS/c1-10-4-2-5-11(8-15)18(10)9-13-16-17-14(19-13)12-6-3-7-20-12/h3,6-7,10-11H,2,4-5,8-9,15H2,1H3. The second kappa shape index (κ2) is 6.03. The molecule has 1 aliphatic rings. The molecule has 2 aromatic heterocycles. The number of nitrogens with zero attached hydrogens (tertiary/aromatic N) is 3. The van der Waals surface area contributed by atoms with E-state index in [-0.39, 0.29) is 0 Å². The Morgan fingerprint density at radius 2 is 2.35 bits per heavy atom. The lowest BCUT2D eigenvalue weighted by Gasteiger charge is -2.39. The Hall–Kier alpha value is -1.24. The molecule has 20 heavy (non-hydrogen) atoms. The maximum Gasteiger partial charge on any atom is 0.257 e. The van der Waals surface area contributed by atoms with Crippen molar-refractivity contribution in [3.8, 4) is 10.8 Å². The Kier molecular flexibility index (Phi) is 4.14. The van der Waals surface area contributed by atoms with Gasteiger partial charge in [-0.2, -0.15) is 0 Å². The number of nitrogens with two attached hydrogens (primary N) is 1. The van der Waals surface area contributed by atoms with E-state index in [9.17, 15) is 0 Å². The molecule has 0 aliphatic carbocycles. The summed E-state index contributed by atoms with van der Waals surface area (Å²) in [6.07, 6.45) is 3.62. The van der Waals surface area contributed by atoms with Gasteiger partial charge in [0.15, 0.2) is 0 Å². The summed E-state index contributed by atoms with van der Waals surface area (Å²) in [7, 11) is 0. The van der Waals surface area contributed by atoms with Crippen LogP contribution in [0.3, 0.4) is 0 Å². The largest absolute Gasteiger partial charge is 0.419 e. The average molecular weight is 292 g/mol. The van der Waals surface area contributed by atoms with Crippen molar-refractivity contribution in [1.82, 2.24) is 15.1 Å². The number of hydrogen-bond donors (Lipinski definition) is 1. The summed E-state index contributed by atoms with van der Waals surface area (Å²) >= 11 is 1.61. The van der Waals surface area contributed by atoms with Crippen molar-refractivity contribution < 1.29 is 4.42 Å². The molecule has 0 aromatic carbocycles. The molecule has 0 radical (unpaired) electrons. The maximum absolute atomic E-state index is 5.89. The Morgan fingerprint density at radius 3 is 3.10 bits per heavy atom. The zero-order valence-corrected chi connectivity index (χ0v) is 12.5. The van der Waals surface area contributed by atoms with E-state index in [0.717, 1.165) is 11.3 Å². The highest BCUT2D eigenvalue weighted by molar-refractivity contribution is 7.13. The molecule has 1 aliphatic heterocycles. The third-order valence-electron chi connectivity index (χ3n) is 3.98. The molecule has 0 bridgehead atoms. The van der Waals surface area contributed by atoms with Gasteiger partial charge in [-0.3, -0.25) is 4.90 Å². The van der Waals surface area contributed by atoms with Crippen LogP contribution in [-0.4, -0.2) is 33.7 Å². The Balaban J connectivity index is 1.73. The van der Waals surface area contributed by atoms with Gasteiger partial charge in [0, 0.05) is 18.6 Å². The van der Waals surface area contributed by atoms with Crippen molar-refractivity contribution in [1.29, 1.82) is 0 Å². The highest BCUT2D eigenvalue weighted by Crippen LogP contribution is 2.26. The number of thiophene rings is 1. The van der Waals surface area contributed by atoms with Crippen molar-refractivity contribution in [3.05, 3.63) is 23.4 Å². The van der Waals surface area contributed by atoms with Gasteiger partial charge in [-0.25, -0.2) is 0 Å². The van der Waals surface area contributed by atoms with Gasteiger partial charge >= 0.3 is 0 Å². The van der Waals surface area contributed by atoms with Crippen molar-refractivity contribution in [2.45, 2.75) is 44.8 Å². The Labute approximate surface area is 122 Å². The average Bonchev–Trinajstić information content (AvgIpc) is 3.11. The highest BCUT2D eigenvalue weighted by Gasteiger charge is 2.28. The van der Waals surface area contributed by atoms with Crippen LogP contribution in [0, 0.1) is 0 Å². The van der Waals surface area contributed by atoms with Crippen LogP contribution in [0.1, 0.15) is 32.1 Å². The molecule has 1 saturated heterocycles. The smallest absolute Gasteiger partial charge is 0.257 e. The van der Waals surface area contributed by atoms with E-state index < -0.39 is 0 Å². The van der Waals surface area contributed by atoms with E-state index in [4.69, 9.17) is 10.2 Å². The summed E-state index contributed by atoms with van der Waals surface area (Å²) in [5.41, 5.74) is 5.89. The lowest BCUT2D eigenvalue weighted by molar-refractivity contribution is 0.0797. The van der Waals surface area contributed by atoms with Crippen LogP contribution in [0.25, 0.3) is 10.8 Å². The van der Waals surface area contributed by atoms with E-state index in [0.29, 0.717) is 37.0 Å². The molecule has 2 atom stereocenters. The van der Waals surface area contributed by atoms with Crippen LogP contribution < -0.4 is 5.73 Å². The molecule has 2 N–H and O–H groups in total. The lowest BCUT2D eigenvalue weighted by atomic mass is 9.96. The van der Waals surface area contributed by atoms with Gasteiger partial charge in [-0.1, -0.05) is 12.5 Å². The quantitative estimate of drug-likeness (QED) is 0.937. The van der Waals surface area contributed by atoms with E-state index in [1.807, 2.05) is 17.5 Å². The van der Waals surface area contributed by atoms with Crippen LogP contribution in [0.4, 0.5) is 0 Å². The summed E-state index contributed by atoms with van der Waals surface area (Å²) in [6.45, 7) is 3.63. The molecule has 0 amide bonds. The first-order chi connectivity index (χ1) is 9.78. The van der Waals surface area contributed by atoms with E-state index in [1.165, 1.54) is 12.8 Å². The molecular weight excluding hydrogens is 272 g/mol. The minimum absolute atomic E-state index is 0.427. The maximum atomic E-state index is 5.89. The number of hydrogen-bond acceptors (Lipinski definition) is 6. The molecule has 2 unspecified atom stereocenters. The van der Waals surface area contributed by atoms with Gasteiger partial charge in [-0.15, -0.1) is 21.5 Å². The fourth-order valence-electron chi connectivity index (χ4n) is 2.85. The molecule has 0 saturated carbocycles. The van der Waals surface area contributed by atoms with Crippen LogP contribution in [0.15, 0.2) is 21.9 Å². The van der Waals surface area contributed by atoms with Gasteiger partial charge in [0.1, 0.15) is 0 Å². The van der Waals surface area contributed by atoms with Gasteiger partial charge in [-0.05, 0) is 31.2 Å². The number of rotatable bonds is 4. The summed E-state index contributed by atoms with van der Waals surface area (Å²) in [5.74, 6) is 1.30. The fraction of sp³-hybridized carbons (Fsp3) is 0.571. The molecular formula is C14H20N4OS. The summed E-state index contributed by atoms with van der Waals surface area (Å²) < 4.78 is 5.78. The monoisotopic (exact) mass is 292 g/mol. The topological polar surface area (TPSA) is 68.2 Å². The molecule has 1 fully saturated rings. The van der Waals surface area contributed by atoms with Crippen molar-refractivity contribution >= 4 is 11.3 Å². The number of aromatic nitrogens is 2. The second-order valence-corrected chi connectivity index (χ2v) is 6.27. The van der Waals surface area contributed by atoms with Crippen molar-refractivity contribution in [2.75, 3.05) is 6.54 Å². The van der Waals surface area contributed by atoms with Gasteiger partial charge in [0.25, 0.3) is 5.89 Å². The van der Waals surface area contributed by atoms with Crippen LogP contribution in [0.5, 0.6) is 0 Å². The van der Waals surface area contributed by atoms with E-state index in [2.05, 4.69) is 22.0 Å². The summed E-state index contributed by atoms with van der Waals surface area (Å²) in [5, 5.41) is 10.3. The summed E-state index contributed by atoms with van der Waals surface area (Å²) in [6, 6.07) is 4.93. The third kappa shape index (κ3) is 2.77. The molecule has 0 spiro atoms. The first-order valence-corrected chi connectivity index (χ1v) is 7.98. The van der Waals surface area contributed by atoms with Crippen LogP contribution in [-0.2, 0) is 6.54 Å². The summed E-state index contributed by atoms with van der Waals surface area (Å²) in [4.78, 5) is 3.42. The van der Waals surface area contributed by atoms with Crippen molar-refractivity contribution in [2.24, 2.45) is 5.73 Å². The Bertz CT molecular complexity index is 539. The van der Waals surface area contributed by atoms with Crippen LogP contribution >= 0.6 is 11.3 Å². The fourth-order valence-corrected chi connectivity index (χ4v) is 3.50. The SMILES string of the molecule is CC1CCCC(CN)N1Cc1nnc(-c2cccs2)o1. The minimum atomic E-state index is 0.427. The predicted molar refractivity (Wildman–Crippen MR) is 79.3 cm³/mol. The lowest BCUT2D eigenvalue weighted by Crippen LogP contribution is -2.48. The molecule has 2 aromatic rings. The number of piperidine rings is 1. The highest BCUT2D eigenvalue weighted by atomic mass is 32.1. The van der Waals surface area contributed by atoms with Gasteiger partial charge < -0.3 is 10.2 Å². The zero-order valence-electron chi connectivity index (χ0n) is 11.7. The molecule has 6 heteroatoms. The van der Waals surface area contributed by atoms with Gasteiger partial charge in [0.2, 0.25) is 5.89 Å². The minimum Gasteiger partial charge on any atom is -0.419 e. The van der Waals surface area contributed by atoms with E-state index >= 15 is 0 Å². The zero-order chi connectivity index (χ0) is 13.9. The second-order valence-electron chi connectivity index (χ2n) is 5.32. The van der Waals surface area contributed by atoms with Gasteiger partial charge in [0.05, 0.1) is 11.4 Å². The third-order valence-corrected chi connectivity index (χ3v) is 4.84. The molecule has 3 heterocycles. The first kappa shape index (κ1) is 13.7. The normalized spacial score (nSPS) is 24.1. The molecule has 3 rings (SSSR count). The molecule has 5 nitrogen and oxygen atoms in total. The first-order valence-electron chi connectivity index (χ1n) is 7.10.